The maximum Gasteiger partial charge on any atom is 0.264 e. The predicted molar refractivity (Wildman–Crippen MR) is 122 cm³/mol. The van der Waals surface area contributed by atoms with Gasteiger partial charge in [0, 0.05) is 19.2 Å². The summed E-state index contributed by atoms with van der Waals surface area (Å²) in [5, 5.41) is -0.245. The highest BCUT2D eigenvalue weighted by atomic mass is 35.5. The number of ether oxygens (including phenoxy) is 1. The van der Waals surface area contributed by atoms with Crippen molar-refractivity contribution >= 4 is 33.2 Å². The van der Waals surface area contributed by atoms with Crippen molar-refractivity contribution in [3.63, 3.8) is 0 Å². The molecule has 1 amide bonds. The number of methoxy groups -OCH3 is 1. The topological polar surface area (TPSA) is 66.9 Å². The van der Waals surface area contributed by atoms with Gasteiger partial charge in [0.25, 0.3) is 10.0 Å². The van der Waals surface area contributed by atoms with Crippen LogP contribution >= 0.6 is 11.6 Å². The van der Waals surface area contributed by atoms with Gasteiger partial charge in [-0.25, -0.2) is 12.8 Å². The molecule has 0 aliphatic rings. The van der Waals surface area contributed by atoms with E-state index in [0.717, 1.165) is 15.9 Å². The Morgan fingerprint density at radius 3 is 2.34 bits per heavy atom. The van der Waals surface area contributed by atoms with Crippen LogP contribution in [-0.4, -0.2) is 39.9 Å². The van der Waals surface area contributed by atoms with E-state index in [1.165, 1.54) is 36.3 Å². The number of para-hydroxylation sites is 1. The van der Waals surface area contributed by atoms with Gasteiger partial charge in [-0.2, -0.15) is 0 Å². The first-order chi connectivity index (χ1) is 15.2. The van der Waals surface area contributed by atoms with Crippen LogP contribution in [0.15, 0.2) is 77.7 Å². The number of sulfonamides is 1. The first-order valence-corrected chi connectivity index (χ1v) is 11.4. The Kier molecular flexibility index (Phi) is 7.37. The fourth-order valence-corrected chi connectivity index (χ4v) is 4.70. The van der Waals surface area contributed by atoms with Gasteiger partial charge in [-0.3, -0.25) is 9.10 Å². The largest absolute Gasteiger partial charge is 0.496 e. The number of carbonyl (C=O) groups is 1. The number of benzene rings is 3. The smallest absolute Gasteiger partial charge is 0.264 e. The first kappa shape index (κ1) is 23.6. The summed E-state index contributed by atoms with van der Waals surface area (Å²) in [6.45, 7) is -0.281. The van der Waals surface area contributed by atoms with E-state index >= 15 is 0 Å². The van der Waals surface area contributed by atoms with Crippen LogP contribution in [0.2, 0.25) is 5.02 Å². The molecule has 9 heteroatoms. The lowest BCUT2D eigenvalue weighted by atomic mass is 10.2. The predicted octanol–water partition coefficient (Wildman–Crippen LogP) is 4.34. The zero-order valence-corrected chi connectivity index (χ0v) is 19.1. The second-order valence-corrected chi connectivity index (χ2v) is 9.25. The normalized spacial score (nSPS) is 11.1. The van der Waals surface area contributed by atoms with Gasteiger partial charge in [-0.05, 0) is 36.4 Å². The molecule has 3 aromatic carbocycles. The van der Waals surface area contributed by atoms with E-state index in [0.29, 0.717) is 5.75 Å². The molecule has 168 valence electrons. The summed E-state index contributed by atoms with van der Waals surface area (Å²) in [5.74, 6) is -0.533. The molecule has 3 rings (SSSR count). The van der Waals surface area contributed by atoms with Crippen molar-refractivity contribution in [3.8, 4) is 5.75 Å². The van der Waals surface area contributed by atoms with Crippen LogP contribution in [0, 0.1) is 5.82 Å². The lowest BCUT2D eigenvalue weighted by Crippen LogP contribution is -2.41. The molecule has 0 heterocycles. The minimum Gasteiger partial charge on any atom is -0.496 e. The monoisotopic (exact) mass is 476 g/mol. The van der Waals surface area contributed by atoms with Crippen molar-refractivity contribution in [1.82, 2.24) is 4.90 Å². The number of hydrogen-bond acceptors (Lipinski definition) is 4. The Hall–Kier alpha value is -3.10. The van der Waals surface area contributed by atoms with E-state index < -0.39 is 28.3 Å². The average molecular weight is 477 g/mol. The van der Waals surface area contributed by atoms with Gasteiger partial charge < -0.3 is 9.64 Å². The van der Waals surface area contributed by atoms with E-state index in [1.54, 1.807) is 31.3 Å². The SMILES string of the molecule is COc1ccccc1CN(C)C(=O)CN(c1ccc(F)c(Cl)c1)S(=O)(=O)c1ccccc1. The molecule has 0 unspecified atom stereocenters. The fraction of sp³-hybridized carbons (Fsp3) is 0.174. The molecule has 0 fully saturated rings. The molecule has 0 aliphatic carbocycles. The molecular formula is C23H22ClFN2O4S. The maximum atomic E-state index is 13.7. The summed E-state index contributed by atoms with van der Waals surface area (Å²) in [5.41, 5.74) is 0.854. The van der Waals surface area contributed by atoms with Gasteiger partial charge in [0.1, 0.15) is 18.1 Å². The third-order valence-electron chi connectivity index (χ3n) is 4.83. The maximum absolute atomic E-state index is 13.7. The van der Waals surface area contributed by atoms with Crippen molar-refractivity contribution in [1.29, 1.82) is 0 Å². The molecule has 0 saturated heterocycles. The van der Waals surface area contributed by atoms with Crippen molar-refractivity contribution in [2.24, 2.45) is 0 Å². The third-order valence-corrected chi connectivity index (χ3v) is 6.90. The minimum atomic E-state index is -4.12. The number of anilines is 1. The molecule has 0 radical (unpaired) electrons. The molecule has 3 aromatic rings. The molecule has 6 nitrogen and oxygen atoms in total. The lowest BCUT2D eigenvalue weighted by Gasteiger charge is -2.27. The zero-order valence-electron chi connectivity index (χ0n) is 17.5. The van der Waals surface area contributed by atoms with E-state index in [1.807, 2.05) is 18.2 Å². The van der Waals surface area contributed by atoms with Gasteiger partial charge in [0.2, 0.25) is 5.91 Å². The number of likely N-dealkylation sites (N-methyl/N-ethyl adjacent to an activating group) is 1. The van der Waals surface area contributed by atoms with Gasteiger partial charge >= 0.3 is 0 Å². The summed E-state index contributed by atoms with van der Waals surface area (Å²) in [7, 11) is -1.01. The van der Waals surface area contributed by atoms with Crippen LogP contribution in [-0.2, 0) is 21.4 Å². The molecule has 0 saturated carbocycles. The summed E-state index contributed by atoms with van der Waals surface area (Å²) in [6.07, 6.45) is 0. The van der Waals surface area contributed by atoms with Crippen molar-refractivity contribution in [2.75, 3.05) is 25.0 Å². The number of halogens is 2. The molecule has 0 N–H and O–H groups in total. The minimum absolute atomic E-state index is 0.000583. The van der Waals surface area contributed by atoms with E-state index in [9.17, 15) is 17.6 Å². The Bertz CT molecular complexity index is 1210. The highest BCUT2D eigenvalue weighted by Gasteiger charge is 2.29. The molecule has 0 spiro atoms. The summed E-state index contributed by atoms with van der Waals surface area (Å²) in [6, 6.07) is 18.5. The fourth-order valence-electron chi connectivity index (χ4n) is 3.10. The Balaban J connectivity index is 1.93. The molecule has 32 heavy (non-hydrogen) atoms. The lowest BCUT2D eigenvalue weighted by molar-refractivity contribution is -0.128. The third kappa shape index (κ3) is 5.20. The molecule has 0 aromatic heterocycles. The Labute approximate surface area is 191 Å². The number of hydrogen-bond donors (Lipinski definition) is 0. The van der Waals surface area contributed by atoms with Crippen LogP contribution in [0.1, 0.15) is 5.56 Å². The van der Waals surface area contributed by atoms with Crippen molar-refractivity contribution in [3.05, 3.63) is 89.2 Å². The second-order valence-electron chi connectivity index (χ2n) is 6.98. The van der Waals surface area contributed by atoms with Crippen molar-refractivity contribution < 1.29 is 22.3 Å². The van der Waals surface area contributed by atoms with Gasteiger partial charge in [0.05, 0.1) is 22.7 Å². The molecule has 0 atom stereocenters. The Morgan fingerprint density at radius 1 is 1.03 bits per heavy atom. The van der Waals surface area contributed by atoms with Crippen LogP contribution in [0.4, 0.5) is 10.1 Å². The van der Waals surface area contributed by atoms with Gasteiger partial charge in [0.15, 0.2) is 0 Å². The molecular weight excluding hydrogens is 455 g/mol. The number of nitrogens with zero attached hydrogens (tertiary/aromatic N) is 2. The zero-order chi connectivity index (χ0) is 23.3. The van der Waals surface area contributed by atoms with Crippen LogP contribution in [0.25, 0.3) is 0 Å². The summed E-state index contributed by atoms with van der Waals surface area (Å²) >= 11 is 5.89. The summed E-state index contributed by atoms with van der Waals surface area (Å²) < 4.78 is 46.6. The highest BCUT2D eigenvalue weighted by molar-refractivity contribution is 7.92. The molecule has 0 bridgehead atoms. The van der Waals surface area contributed by atoms with Crippen LogP contribution < -0.4 is 9.04 Å². The average Bonchev–Trinajstić information content (AvgIpc) is 2.80. The summed E-state index contributed by atoms with van der Waals surface area (Å²) in [4.78, 5) is 14.4. The number of rotatable bonds is 8. The number of carbonyl (C=O) groups excluding carboxylic acids is 1. The van der Waals surface area contributed by atoms with Crippen LogP contribution in [0.5, 0.6) is 5.75 Å². The van der Waals surface area contributed by atoms with Crippen molar-refractivity contribution in [2.45, 2.75) is 11.4 Å². The Morgan fingerprint density at radius 2 is 1.69 bits per heavy atom. The van der Waals surface area contributed by atoms with Crippen LogP contribution in [0.3, 0.4) is 0 Å². The first-order valence-electron chi connectivity index (χ1n) is 9.62. The number of amides is 1. The molecule has 0 aliphatic heterocycles. The van der Waals surface area contributed by atoms with E-state index in [-0.39, 0.29) is 22.2 Å². The standard InChI is InChI=1S/C23H22ClFN2O4S/c1-26(15-17-8-6-7-11-22(17)31-2)23(28)16-27(18-12-13-21(25)20(24)14-18)32(29,30)19-9-4-3-5-10-19/h3-14H,15-16H2,1-2H3. The van der Waals surface area contributed by atoms with Gasteiger partial charge in [-0.1, -0.05) is 48.0 Å². The quantitative estimate of drug-likeness (QED) is 0.485. The van der Waals surface area contributed by atoms with Gasteiger partial charge in [-0.15, -0.1) is 0 Å². The van der Waals surface area contributed by atoms with E-state index in [2.05, 4.69) is 0 Å². The van der Waals surface area contributed by atoms with E-state index in [4.69, 9.17) is 16.3 Å². The highest BCUT2D eigenvalue weighted by Crippen LogP contribution is 2.28. The second kappa shape index (κ2) is 10.0.